The second kappa shape index (κ2) is 7.35. The topological polar surface area (TPSA) is 0 Å². The molecule has 0 aromatic heterocycles. The van der Waals surface area contributed by atoms with E-state index in [2.05, 4.69) is 39.8 Å². The molecule has 0 bridgehead atoms. The van der Waals surface area contributed by atoms with Crippen LogP contribution in [0, 0.1) is 23.7 Å². The van der Waals surface area contributed by atoms with Gasteiger partial charge in [-0.15, -0.1) is 0 Å². The van der Waals surface area contributed by atoms with Crippen molar-refractivity contribution in [2.75, 3.05) is 0 Å². The number of rotatable bonds is 2. The molecule has 4 aliphatic rings. The summed E-state index contributed by atoms with van der Waals surface area (Å²) in [7, 11) is 0. The Labute approximate surface area is 165 Å². The van der Waals surface area contributed by atoms with Gasteiger partial charge in [-0.3, -0.25) is 0 Å². The summed E-state index contributed by atoms with van der Waals surface area (Å²) in [6, 6.07) is 0. The van der Waals surface area contributed by atoms with Crippen LogP contribution in [0.1, 0.15) is 53.4 Å². The van der Waals surface area contributed by atoms with Gasteiger partial charge in [0.25, 0.3) is 0 Å². The quantitative estimate of drug-likeness (QED) is 0.562. The summed E-state index contributed by atoms with van der Waals surface area (Å²) in [5.41, 5.74) is 7.06. The molecular formula is C20H26Cl2Zr. The summed E-state index contributed by atoms with van der Waals surface area (Å²) in [4.78, 5) is 0. The minimum absolute atomic E-state index is 0. The first kappa shape index (κ1) is 19.7. The molecule has 23 heavy (non-hydrogen) atoms. The Morgan fingerprint density at radius 3 is 1.43 bits per heavy atom. The number of allylic oxidation sites excluding steroid dienone is 8. The second-order valence-electron chi connectivity index (χ2n) is 7.90. The molecule has 4 atom stereocenters. The first-order valence-electron chi connectivity index (χ1n) is 8.67. The molecule has 4 aliphatic carbocycles. The molecule has 4 rings (SSSR count). The molecule has 0 radical (unpaired) electrons. The van der Waals surface area contributed by atoms with Crippen LogP contribution < -0.4 is 24.8 Å². The van der Waals surface area contributed by atoms with Crippen LogP contribution in [-0.4, -0.2) is 0 Å². The van der Waals surface area contributed by atoms with E-state index in [1.165, 1.54) is 25.7 Å². The van der Waals surface area contributed by atoms with Gasteiger partial charge in [-0.2, -0.15) is 0 Å². The van der Waals surface area contributed by atoms with Crippen LogP contribution in [0.5, 0.6) is 0 Å². The van der Waals surface area contributed by atoms with E-state index in [-0.39, 0.29) is 24.8 Å². The van der Waals surface area contributed by atoms with Crippen molar-refractivity contribution in [2.45, 2.75) is 53.4 Å². The zero-order valence-corrected chi connectivity index (χ0v) is 18.5. The van der Waals surface area contributed by atoms with Gasteiger partial charge in [0.05, 0.1) is 0 Å². The van der Waals surface area contributed by atoms with E-state index in [0.29, 0.717) is 0 Å². The van der Waals surface area contributed by atoms with Crippen molar-refractivity contribution >= 4 is 0 Å². The number of halogens is 2. The summed E-state index contributed by atoms with van der Waals surface area (Å²) in [5.74, 6) is 3.38. The summed E-state index contributed by atoms with van der Waals surface area (Å²) in [6.07, 6.45) is 10.7. The third kappa shape index (κ3) is 3.40. The first-order chi connectivity index (χ1) is 10.0. The van der Waals surface area contributed by atoms with Gasteiger partial charge in [-0.1, -0.05) is 0 Å². The minimum atomic E-state index is -0.524. The molecule has 124 valence electrons. The average molecular weight is 429 g/mol. The van der Waals surface area contributed by atoms with Gasteiger partial charge in [0.15, 0.2) is 0 Å². The van der Waals surface area contributed by atoms with Gasteiger partial charge in [-0.05, 0) is 0 Å². The molecule has 0 saturated carbocycles. The van der Waals surface area contributed by atoms with Crippen molar-refractivity contribution in [3.05, 3.63) is 41.0 Å². The molecule has 0 saturated heterocycles. The van der Waals surface area contributed by atoms with Gasteiger partial charge >= 0.3 is 141 Å². The summed E-state index contributed by atoms with van der Waals surface area (Å²) in [5, 5.41) is 0. The molecule has 3 heteroatoms. The van der Waals surface area contributed by atoms with Crippen LogP contribution in [0.2, 0.25) is 0 Å². The summed E-state index contributed by atoms with van der Waals surface area (Å²) in [6.45, 7) is 9.79. The van der Waals surface area contributed by atoms with Gasteiger partial charge in [-0.25, -0.2) is 0 Å². The summed E-state index contributed by atoms with van der Waals surface area (Å²) < 4.78 is 3.73. The standard InChI is InChI=1S/2C10H13.2ClH.Zr/c2*1-7-5-9-4-3-8(2)10(9)6-7;;;/h2*4,7-8H,5-6H2,1-2H3;2*1H;/q;;;;+2/p-2. The Bertz CT molecular complexity index is 570. The van der Waals surface area contributed by atoms with Crippen LogP contribution in [0.3, 0.4) is 0 Å². The van der Waals surface area contributed by atoms with Crippen LogP contribution >= 0.6 is 0 Å². The van der Waals surface area contributed by atoms with Gasteiger partial charge in [0, 0.05) is 0 Å². The number of hydrogen-bond acceptors (Lipinski definition) is 0. The van der Waals surface area contributed by atoms with Crippen LogP contribution in [0.15, 0.2) is 41.0 Å². The average Bonchev–Trinajstić information content (AvgIpc) is 3.10. The van der Waals surface area contributed by atoms with E-state index in [1.54, 1.807) is 22.3 Å². The third-order valence-corrected chi connectivity index (χ3v) is 10.3. The Hall–Kier alpha value is 0.423. The fourth-order valence-corrected chi connectivity index (χ4v) is 8.79. The predicted molar refractivity (Wildman–Crippen MR) is 85.3 cm³/mol. The first-order valence-corrected chi connectivity index (χ1v) is 11.1. The van der Waals surface area contributed by atoms with Crippen LogP contribution in [0.4, 0.5) is 0 Å². The fraction of sp³-hybridized carbons (Fsp3) is 0.600. The van der Waals surface area contributed by atoms with E-state index in [0.717, 1.165) is 23.7 Å². The Morgan fingerprint density at radius 2 is 1.09 bits per heavy atom. The molecule has 0 N–H and O–H groups in total. The maximum absolute atomic E-state index is 2.63. The maximum atomic E-state index is 2.63. The maximum Gasteiger partial charge on any atom is -1.00 e. The van der Waals surface area contributed by atoms with E-state index in [9.17, 15) is 0 Å². The smallest absolute Gasteiger partial charge is 1.00 e. The molecule has 0 spiro atoms. The zero-order valence-electron chi connectivity index (χ0n) is 14.5. The molecule has 0 heterocycles. The van der Waals surface area contributed by atoms with Crippen molar-refractivity contribution in [1.29, 1.82) is 0 Å². The molecule has 0 aromatic rings. The van der Waals surface area contributed by atoms with Crippen molar-refractivity contribution in [2.24, 2.45) is 23.7 Å². The fourth-order valence-electron chi connectivity index (χ4n) is 4.84. The van der Waals surface area contributed by atoms with Crippen LogP contribution in [-0.2, 0) is 23.2 Å². The van der Waals surface area contributed by atoms with Crippen molar-refractivity contribution < 1.29 is 48.0 Å². The molecule has 0 nitrogen and oxygen atoms in total. The SMILES string of the molecule is CC1CC2=C(C1)C(C)[C]([Zr+2][C]1=CC3=C(CC(C)C3)C1C)=C2.[Cl-].[Cl-]. The van der Waals surface area contributed by atoms with Gasteiger partial charge in [0.2, 0.25) is 0 Å². The Balaban J connectivity index is 0.000000960. The molecule has 0 amide bonds. The van der Waals surface area contributed by atoms with E-state index < -0.39 is 23.2 Å². The zero-order chi connectivity index (χ0) is 14.7. The third-order valence-electron chi connectivity index (χ3n) is 6.02. The van der Waals surface area contributed by atoms with E-state index >= 15 is 0 Å². The molecule has 0 aliphatic heterocycles. The van der Waals surface area contributed by atoms with Crippen molar-refractivity contribution in [1.82, 2.24) is 0 Å². The monoisotopic (exact) mass is 426 g/mol. The van der Waals surface area contributed by atoms with Crippen molar-refractivity contribution in [3.63, 3.8) is 0 Å². The molecule has 0 aromatic carbocycles. The largest absolute Gasteiger partial charge is 1.00 e. The van der Waals surface area contributed by atoms with E-state index in [4.69, 9.17) is 0 Å². The predicted octanol–water partition coefficient (Wildman–Crippen LogP) is -0.403. The second-order valence-corrected chi connectivity index (χ2v) is 11.3. The molecular weight excluding hydrogens is 402 g/mol. The Morgan fingerprint density at radius 1 is 0.696 bits per heavy atom. The van der Waals surface area contributed by atoms with Gasteiger partial charge in [0.1, 0.15) is 0 Å². The van der Waals surface area contributed by atoms with Crippen LogP contribution in [0.25, 0.3) is 0 Å². The minimum Gasteiger partial charge on any atom is -1.00 e. The molecule has 4 unspecified atom stereocenters. The normalized spacial score (nSPS) is 34.4. The van der Waals surface area contributed by atoms with E-state index in [1.807, 2.05) is 6.56 Å². The van der Waals surface area contributed by atoms with Crippen molar-refractivity contribution in [3.8, 4) is 0 Å². The van der Waals surface area contributed by atoms with Gasteiger partial charge < -0.3 is 24.8 Å². The summed E-state index contributed by atoms with van der Waals surface area (Å²) >= 11 is -0.524. The number of hydrogen-bond donors (Lipinski definition) is 0. The Kier molecular flexibility index (Phi) is 6.31. The molecule has 0 fully saturated rings.